The van der Waals surface area contributed by atoms with Gasteiger partial charge in [-0.15, -0.1) is 0 Å². The summed E-state index contributed by atoms with van der Waals surface area (Å²) in [5.41, 5.74) is 6.85. The highest BCUT2D eigenvalue weighted by molar-refractivity contribution is 5.71. The minimum Gasteiger partial charge on any atom is -0.492 e. The number of ether oxygens (including phenoxy) is 1. The van der Waals surface area contributed by atoms with Gasteiger partial charge in [-0.2, -0.15) is 5.10 Å². The molecule has 29 heavy (non-hydrogen) atoms. The number of rotatable bonds is 7. The van der Waals surface area contributed by atoms with Crippen LogP contribution in [0.5, 0.6) is 5.75 Å². The van der Waals surface area contributed by atoms with Crippen LogP contribution in [0.2, 0.25) is 0 Å². The van der Waals surface area contributed by atoms with Gasteiger partial charge in [0.15, 0.2) is 0 Å². The van der Waals surface area contributed by atoms with Gasteiger partial charge >= 0.3 is 0 Å². The number of benzene rings is 1. The van der Waals surface area contributed by atoms with Gasteiger partial charge in [0.05, 0.1) is 24.2 Å². The molecule has 0 unspecified atom stereocenters. The molecular formula is C22H24FN5O. The van der Waals surface area contributed by atoms with Crippen molar-refractivity contribution in [3.63, 3.8) is 0 Å². The minimum atomic E-state index is -0.320. The second kappa shape index (κ2) is 8.05. The fraction of sp³-hybridized carbons (Fsp3) is 0.273. The maximum atomic E-state index is 13.9. The highest BCUT2D eigenvalue weighted by Gasteiger charge is 2.12. The van der Waals surface area contributed by atoms with Crippen molar-refractivity contribution in [2.24, 2.45) is 0 Å². The number of halogens is 1. The average Bonchev–Trinajstić information content (AvgIpc) is 3.26. The van der Waals surface area contributed by atoms with Crippen LogP contribution in [0.4, 0.5) is 4.39 Å². The van der Waals surface area contributed by atoms with E-state index in [4.69, 9.17) is 4.74 Å². The van der Waals surface area contributed by atoms with E-state index in [-0.39, 0.29) is 5.82 Å². The van der Waals surface area contributed by atoms with Gasteiger partial charge in [-0.1, -0.05) is 0 Å². The molecule has 4 rings (SSSR count). The molecule has 2 N–H and O–H groups in total. The Morgan fingerprint density at radius 3 is 2.83 bits per heavy atom. The first-order valence-electron chi connectivity index (χ1n) is 9.60. The van der Waals surface area contributed by atoms with Crippen LogP contribution in [-0.4, -0.2) is 33.2 Å². The number of nitrogens with one attached hydrogen (secondary N) is 2. The third-order valence-corrected chi connectivity index (χ3v) is 5.09. The first kappa shape index (κ1) is 19.1. The number of H-pyrrole nitrogens is 1. The number of imidazole rings is 1. The van der Waals surface area contributed by atoms with E-state index in [9.17, 15) is 4.39 Å². The summed E-state index contributed by atoms with van der Waals surface area (Å²) in [6, 6.07) is 8.60. The molecule has 0 saturated carbocycles. The van der Waals surface area contributed by atoms with Crippen LogP contribution in [0.1, 0.15) is 22.6 Å². The molecule has 0 aliphatic carbocycles. The number of aromatic nitrogens is 4. The Hall–Kier alpha value is -3.19. The van der Waals surface area contributed by atoms with Crippen LogP contribution in [0.25, 0.3) is 16.8 Å². The lowest BCUT2D eigenvalue weighted by Crippen LogP contribution is -2.07. The largest absolute Gasteiger partial charge is 0.492 e. The Morgan fingerprint density at radius 1 is 1.21 bits per heavy atom. The quantitative estimate of drug-likeness (QED) is 0.501. The van der Waals surface area contributed by atoms with E-state index in [1.165, 1.54) is 12.1 Å². The van der Waals surface area contributed by atoms with E-state index in [1.54, 1.807) is 6.07 Å². The molecule has 150 valence electrons. The predicted octanol–water partition coefficient (Wildman–Crippen LogP) is 3.82. The number of pyridine rings is 1. The Bertz CT molecular complexity index is 1130. The van der Waals surface area contributed by atoms with Gasteiger partial charge in [0.25, 0.3) is 0 Å². The van der Waals surface area contributed by atoms with E-state index < -0.39 is 0 Å². The summed E-state index contributed by atoms with van der Waals surface area (Å²) >= 11 is 0. The maximum absolute atomic E-state index is 13.9. The Morgan fingerprint density at radius 2 is 2.07 bits per heavy atom. The van der Waals surface area contributed by atoms with Gasteiger partial charge in [-0.3, -0.25) is 5.10 Å². The molecule has 7 heteroatoms. The molecule has 0 saturated heterocycles. The van der Waals surface area contributed by atoms with E-state index in [2.05, 4.69) is 20.5 Å². The first-order valence-corrected chi connectivity index (χ1v) is 9.60. The van der Waals surface area contributed by atoms with E-state index in [1.807, 2.05) is 49.8 Å². The summed E-state index contributed by atoms with van der Waals surface area (Å²) in [7, 11) is 1.90. The number of nitrogens with zero attached hydrogens (tertiary/aromatic N) is 3. The van der Waals surface area contributed by atoms with Gasteiger partial charge in [-0.25, -0.2) is 9.37 Å². The van der Waals surface area contributed by atoms with Crippen molar-refractivity contribution in [3.8, 4) is 16.9 Å². The molecule has 1 aromatic carbocycles. The van der Waals surface area contributed by atoms with E-state index >= 15 is 0 Å². The van der Waals surface area contributed by atoms with Gasteiger partial charge in [0, 0.05) is 42.0 Å². The molecule has 0 radical (unpaired) electrons. The molecule has 3 aromatic heterocycles. The molecule has 0 bridgehead atoms. The zero-order chi connectivity index (χ0) is 20.4. The lowest BCUT2D eigenvalue weighted by Gasteiger charge is -2.13. The second-order valence-electron chi connectivity index (χ2n) is 7.08. The third-order valence-electron chi connectivity index (χ3n) is 5.09. The van der Waals surface area contributed by atoms with Crippen LogP contribution < -0.4 is 10.1 Å². The van der Waals surface area contributed by atoms with Crippen molar-refractivity contribution in [2.75, 3.05) is 13.7 Å². The molecule has 0 amide bonds. The van der Waals surface area contributed by atoms with Gasteiger partial charge < -0.3 is 14.5 Å². The van der Waals surface area contributed by atoms with E-state index in [0.717, 1.165) is 39.4 Å². The Labute approximate surface area is 168 Å². The highest BCUT2D eigenvalue weighted by atomic mass is 19.1. The van der Waals surface area contributed by atoms with Crippen molar-refractivity contribution >= 4 is 5.65 Å². The van der Waals surface area contributed by atoms with Crippen molar-refractivity contribution < 1.29 is 9.13 Å². The van der Waals surface area contributed by atoms with Gasteiger partial charge in [0.2, 0.25) is 0 Å². The van der Waals surface area contributed by atoms with E-state index in [0.29, 0.717) is 25.3 Å². The zero-order valence-electron chi connectivity index (χ0n) is 16.8. The van der Waals surface area contributed by atoms with Gasteiger partial charge in [-0.05, 0) is 50.7 Å². The summed E-state index contributed by atoms with van der Waals surface area (Å²) in [6.45, 7) is 5.11. The maximum Gasteiger partial charge on any atom is 0.136 e. The fourth-order valence-electron chi connectivity index (χ4n) is 3.56. The minimum absolute atomic E-state index is 0.320. The molecule has 6 nitrogen and oxygen atoms in total. The molecule has 0 aliphatic rings. The molecule has 0 aliphatic heterocycles. The average molecular weight is 393 g/mol. The van der Waals surface area contributed by atoms with Crippen LogP contribution >= 0.6 is 0 Å². The smallest absolute Gasteiger partial charge is 0.136 e. The van der Waals surface area contributed by atoms with Crippen molar-refractivity contribution in [3.05, 3.63) is 71.2 Å². The number of aryl methyl sites for hydroxylation is 2. The van der Waals surface area contributed by atoms with Crippen molar-refractivity contribution in [2.45, 2.75) is 26.8 Å². The van der Waals surface area contributed by atoms with Crippen molar-refractivity contribution in [1.29, 1.82) is 0 Å². The number of aromatic amines is 1. The summed E-state index contributed by atoms with van der Waals surface area (Å²) in [5.74, 6) is 0.206. The molecule has 3 heterocycles. The van der Waals surface area contributed by atoms with Crippen molar-refractivity contribution in [1.82, 2.24) is 24.9 Å². The lowest BCUT2D eigenvalue weighted by molar-refractivity contribution is 0.321. The molecule has 0 spiro atoms. The zero-order valence-corrected chi connectivity index (χ0v) is 16.8. The summed E-state index contributed by atoms with van der Waals surface area (Å²) in [6.07, 6.45) is 4.57. The summed E-state index contributed by atoms with van der Waals surface area (Å²) < 4.78 is 22.0. The number of fused-ring (bicyclic) bond motifs is 1. The third kappa shape index (κ3) is 3.86. The van der Waals surface area contributed by atoms with Crippen LogP contribution in [0.3, 0.4) is 0 Å². The standard InChI is InChI=1S/C22H24FN5O/c1-14-19(15(2)27-26-14)8-9-29-21-10-17(23)5-6-20(21)16-4-7-22-25-12-18(11-24-3)28(22)13-16/h4-7,10,12-13,24H,8-9,11H2,1-3H3,(H,26,27). The SMILES string of the molecule is CNCc1cnc2ccc(-c3ccc(F)cc3OCCc3c(C)n[nH]c3C)cn12. The predicted molar refractivity (Wildman–Crippen MR) is 111 cm³/mol. The Kier molecular flexibility index (Phi) is 5.31. The molecule has 0 atom stereocenters. The van der Waals surface area contributed by atoms with Gasteiger partial charge in [0.1, 0.15) is 17.2 Å². The fourth-order valence-corrected chi connectivity index (χ4v) is 3.56. The molecular weight excluding hydrogens is 369 g/mol. The Balaban J connectivity index is 1.62. The highest BCUT2D eigenvalue weighted by Crippen LogP contribution is 2.31. The molecule has 4 aromatic rings. The number of hydrogen-bond donors (Lipinski definition) is 2. The van der Waals surface area contributed by atoms with Crippen LogP contribution in [0.15, 0.2) is 42.7 Å². The number of hydrogen-bond acceptors (Lipinski definition) is 4. The van der Waals surface area contributed by atoms with Crippen LogP contribution in [-0.2, 0) is 13.0 Å². The lowest BCUT2D eigenvalue weighted by atomic mass is 10.1. The summed E-state index contributed by atoms with van der Waals surface area (Å²) in [5, 5.41) is 10.3. The molecule has 0 fully saturated rings. The first-order chi connectivity index (χ1) is 14.1. The summed E-state index contributed by atoms with van der Waals surface area (Å²) in [4.78, 5) is 4.43. The van der Waals surface area contributed by atoms with Crippen LogP contribution in [0, 0.1) is 19.7 Å². The normalized spacial score (nSPS) is 11.3. The monoisotopic (exact) mass is 393 g/mol. The second-order valence-corrected chi connectivity index (χ2v) is 7.08. The topological polar surface area (TPSA) is 67.2 Å².